The lowest BCUT2D eigenvalue weighted by Gasteiger charge is -2.37. The SMILES string of the molecule is COc1ccc(NC(=O)NC2CCN(C(=O)C(C)(C)Oc3ccc(Cl)cc3)CC2)cc1. The molecular formula is C23H28ClN3O4. The van der Waals surface area contributed by atoms with Gasteiger partial charge in [0.2, 0.25) is 0 Å². The number of carbonyl (C=O) groups excluding carboxylic acids is 2. The Labute approximate surface area is 187 Å². The van der Waals surface area contributed by atoms with E-state index in [9.17, 15) is 9.59 Å². The molecule has 166 valence electrons. The first-order valence-corrected chi connectivity index (χ1v) is 10.6. The number of nitrogens with zero attached hydrogens (tertiary/aromatic N) is 1. The third kappa shape index (κ3) is 6.28. The van der Waals surface area contributed by atoms with Crippen LogP contribution in [-0.2, 0) is 4.79 Å². The van der Waals surface area contributed by atoms with Crippen molar-refractivity contribution in [2.75, 3.05) is 25.5 Å². The number of likely N-dealkylation sites (tertiary alicyclic amines) is 1. The molecule has 2 aromatic carbocycles. The largest absolute Gasteiger partial charge is 0.497 e. The first kappa shape index (κ1) is 22.7. The quantitative estimate of drug-likeness (QED) is 0.694. The monoisotopic (exact) mass is 445 g/mol. The number of methoxy groups -OCH3 is 1. The molecule has 2 N–H and O–H groups in total. The van der Waals surface area contributed by atoms with Crippen molar-refractivity contribution in [3.05, 3.63) is 53.6 Å². The number of nitrogens with one attached hydrogen (secondary N) is 2. The Morgan fingerprint density at radius 2 is 1.58 bits per heavy atom. The van der Waals surface area contributed by atoms with Gasteiger partial charge in [-0.05, 0) is 75.2 Å². The minimum Gasteiger partial charge on any atom is -0.497 e. The third-order valence-corrected chi connectivity index (χ3v) is 5.42. The highest BCUT2D eigenvalue weighted by Crippen LogP contribution is 2.24. The Balaban J connectivity index is 1.47. The molecule has 1 aliphatic heterocycles. The first-order valence-electron chi connectivity index (χ1n) is 10.2. The lowest BCUT2D eigenvalue weighted by atomic mass is 10.0. The predicted octanol–water partition coefficient (Wildman–Crippen LogP) is 4.32. The lowest BCUT2D eigenvalue weighted by Crippen LogP contribution is -2.54. The molecule has 31 heavy (non-hydrogen) atoms. The van der Waals surface area contributed by atoms with Crippen molar-refractivity contribution in [1.29, 1.82) is 0 Å². The summed E-state index contributed by atoms with van der Waals surface area (Å²) in [5, 5.41) is 6.40. The van der Waals surface area contributed by atoms with Crippen LogP contribution in [0.4, 0.5) is 10.5 Å². The van der Waals surface area contributed by atoms with E-state index in [1.165, 1.54) is 0 Å². The molecule has 0 radical (unpaired) electrons. The van der Waals surface area contributed by atoms with E-state index in [1.54, 1.807) is 74.4 Å². The van der Waals surface area contributed by atoms with E-state index in [2.05, 4.69) is 10.6 Å². The van der Waals surface area contributed by atoms with Gasteiger partial charge in [0.05, 0.1) is 7.11 Å². The normalized spacial score (nSPS) is 14.6. The van der Waals surface area contributed by atoms with E-state index in [0.717, 1.165) is 5.75 Å². The zero-order valence-electron chi connectivity index (χ0n) is 18.0. The van der Waals surface area contributed by atoms with Gasteiger partial charge in [0.15, 0.2) is 5.60 Å². The second kappa shape index (κ2) is 9.92. The van der Waals surface area contributed by atoms with Gasteiger partial charge in [-0.15, -0.1) is 0 Å². The summed E-state index contributed by atoms with van der Waals surface area (Å²) >= 11 is 5.90. The summed E-state index contributed by atoms with van der Waals surface area (Å²) in [6.45, 7) is 4.63. The summed E-state index contributed by atoms with van der Waals surface area (Å²) in [6.07, 6.45) is 1.36. The molecule has 1 aliphatic rings. The van der Waals surface area contributed by atoms with E-state index in [1.807, 2.05) is 0 Å². The summed E-state index contributed by atoms with van der Waals surface area (Å²) in [7, 11) is 1.59. The Kier molecular flexibility index (Phi) is 7.28. The van der Waals surface area contributed by atoms with Gasteiger partial charge in [-0.2, -0.15) is 0 Å². The van der Waals surface area contributed by atoms with Gasteiger partial charge in [-0.25, -0.2) is 4.79 Å². The number of hydrogen-bond donors (Lipinski definition) is 2. The van der Waals surface area contributed by atoms with Crippen molar-refractivity contribution in [2.45, 2.75) is 38.3 Å². The molecule has 0 aliphatic carbocycles. The third-order valence-electron chi connectivity index (χ3n) is 5.17. The van der Waals surface area contributed by atoms with Crippen LogP contribution in [0, 0.1) is 0 Å². The minimum absolute atomic E-state index is 0.00240. The van der Waals surface area contributed by atoms with E-state index < -0.39 is 5.60 Å². The van der Waals surface area contributed by atoms with E-state index in [0.29, 0.717) is 42.4 Å². The smallest absolute Gasteiger partial charge is 0.319 e. The molecule has 1 saturated heterocycles. The van der Waals surface area contributed by atoms with Crippen LogP contribution >= 0.6 is 11.6 Å². The van der Waals surface area contributed by atoms with Gasteiger partial charge in [-0.3, -0.25) is 4.79 Å². The molecule has 8 heteroatoms. The Morgan fingerprint density at radius 3 is 2.16 bits per heavy atom. The molecular weight excluding hydrogens is 418 g/mol. The molecule has 1 fully saturated rings. The highest BCUT2D eigenvalue weighted by Gasteiger charge is 2.36. The molecule has 0 bridgehead atoms. The number of hydrogen-bond acceptors (Lipinski definition) is 4. The molecule has 0 spiro atoms. The van der Waals surface area contributed by atoms with E-state index in [-0.39, 0.29) is 18.0 Å². The molecule has 3 amide bonds. The molecule has 0 aromatic heterocycles. The number of urea groups is 1. The summed E-state index contributed by atoms with van der Waals surface area (Å²) in [5.74, 6) is 1.24. The molecule has 0 atom stereocenters. The maximum Gasteiger partial charge on any atom is 0.319 e. The standard InChI is InChI=1S/C23H28ClN3O4/c1-23(2,31-20-8-4-16(24)5-9-20)21(28)27-14-12-18(13-15-27)26-22(29)25-17-6-10-19(30-3)11-7-17/h4-11,18H,12-15H2,1-3H3,(H2,25,26,29). The van der Waals surface area contributed by atoms with Gasteiger partial charge in [0, 0.05) is 29.8 Å². The predicted molar refractivity (Wildman–Crippen MR) is 121 cm³/mol. The summed E-state index contributed by atoms with van der Waals surface area (Å²) in [6, 6.07) is 13.8. The van der Waals surface area contributed by atoms with Crippen LogP contribution in [0.2, 0.25) is 5.02 Å². The Bertz CT molecular complexity index is 892. The van der Waals surface area contributed by atoms with Gasteiger partial charge >= 0.3 is 6.03 Å². The fourth-order valence-electron chi connectivity index (χ4n) is 3.48. The van der Waals surface area contributed by atoms with Gasteiger partial charge in [-0.1, -0.05) is 11.6 Å². The maximum atomic E-state index is 13.0. The van der Waals surface area contributed by atoms with Crippen molar-refractivity contribution >= 4 is 29.2 Å². The van der Waals surface area contributed by atoms with Crippen molar-refractivity contribution in [2.24, 2.45) is 0 Å². The van der Waals surface area contributed by atoms with Gasteiger partial charge < -0.3 is 25.0 Å². The summed E-state index contributed by atoms with van der Waals surface area (Å²) < 4.78 is 11.0. The number of amides is 3. The van der Waals surface area contributed by atoms with Crippen LogP contribution < -0.4 is 20.1 Å². The van der Waals surface area contributed by atoms with Gasteiger partial charge in [0.25, 0.3) is 5.91 Å². The Hall–Kier alpha value is -2.93. The van der Waals surface area contributed by atoms with Crippen LogP contribution in [-0.4, -0.2) is 48.7 Å². The number of halogens is 1. The lowest BCUT2D eigenvalue weighted by molar-refractivity contribution is -0.146. The zero-order valence-corrected chi connectivity index (χ0v) is 18.7. The highest BCUT2D eigenvalue weighted by atomic mass is 35.5. The molecule has 3 rings (SSSR count). The zero-order chi connectivity index (χ0) is 22.4. The maximum absolute atomic E-state index is 13.0. The second-order valence-corrected chi connectivity index (χ2v) is 8.40. The molecule has 0 unspecified atom stereocenters. The summed E-state index contributed by atoms with van der Waals surface area (Å²) in [4.78, 5) is 27.0. The topological polar surface area (TPSA) is 79.9 Å². The average Bonchev–Trinajstić information content (AvgIpc) is 2.76. The summed E-state index contributed by atoms with van der Waals surface area (Å²) in [5.41, 5.74) is -0.313. The van der Waals surface area contributed by atoms with Crippen LogP contribution in [0.5, 0.6) is 11.5 Å². The molecule has 7 nitrogen and oxygen atoms in total. The second-order valence-electron chi connectivity index (χ2n) is 7.96. The molecule has 0 saturated carbocycles. The number of carbonyl (C=O) groups is 2. The van der Waals surface area contributed by atoms with Crippen molar-refractivity contribution in [3.8, 4) is 11.5 Å². The first-order chi connectivity index (χ1) is 14.8. The van der Waals surface area contributed by atoms with Crippen molar-refractivity contribution < 1.29 is 19.1 Å². The number of piperidine rings is 1. The average molecular weight is 446 g/mol. The van der Waals surface area contributed by atoms with E-state index in [4.69, 9.17) is 21.1 Å². The number of rotatable bonds is 6. The fraction of sp³-hybridized carbons (Fsp3) is 0.391. The molecule has 1 heterocycles. The number of ether oxygens (including phenoxy) is 2. The molecule has 2 aromatic rings. The van der Waals surface area contributed by atoms with Crippen LogP contribution in [0.3, 0.4) is 0 Å². The van der Waals surface area contributed by atoms with Crippen LogP contribution in [0.1, 0.15) is 26.7 Å². The van der Waals surface area contributed by atoms with Crippen LogP contribution in [0.25, 0.3) is 0 Å². The highest BCUT2D eigenvalue weighted by molar-refractivity contribution is 6.30. The minimum atomic E-state index is -1.00. The number of anilines is 1. The van der Waals surface area contributed by atoms with Gasteiger partial charge in [0.1, 0.15) is 11.5 Å². The number of benzene rings is 2. The van der Waals surface area contributed by atoms with Crippen molar-refractivity contribution in [1.82, 2.24) is 10.2 Å². The fourth-order valence-corrected chi connectivity index (χ4v) is 3.60. The van der Waals surface area contributed by atoms with Crippen molar-refractivity contribution in [3.63, 3.8) is 0 Å². The van der Waals surface area contributed by atoms with E-state index >= 15 is 0 Å². The van der Waals surface area contributed by atoms with Crippen LogP contribution in [0.15, 0.2) is 48.5 Å². The Morgan fingerprint density at radius 1 is 1.00 bits per heavy atom.